The van der Waals surface area contributed by atoms with Crippen LogP contribution in [0.15, 0.2) is 34.3 Å². The minimum absolute atomic E-state index is 0.0900. The van der Waals surface area contributed by atoms with Gasteiger partial charge in [-0.3, -0.25) is 4.79 Å². The van der Waals surface area contributed by atoms with Gasteiger partial charge >= 0.3 is 6.03 Å². The third-order valence-corrected chi connectivity index (χ3v) is 4.80. The first-order valence-electron chi connectivity index (χ1n) is 7.31. The Labute approximate surface area is 133 Å². The first-order chi connectivity index (χ1) is 10.6. The number of aryl methyl sites for hydroxylation is 1. The summed E-state index contributed by atoms with van der Waals surface area (Å²) in [6.07, 6.45) is 2.87. The summed E-state index contributed by atoms with van der Waals surface area (Å²) in [7, 11) is 0. The summed E-state index contributed by atoms with van der Waals surface area (Å²) in [5.74, 6) is 0.311. The van der Waals surface area contributed by atoms with Crippen LogP contribution >= 0.6 is 11.8 Å². The smallest absolute Gasteiger partial charge is 0.325 e. The first kappa shape index (κ1) is 15.0. The third-order valence-electron chi connectivity index (χ3n) is 3.72. The van der Waals surface area contributed by atoms with Crippen molar-refractivity contribution in [2.75, 3.05) is 11.1 Å². The number of hydrogen-bond donors (Lipinski definition) is 1. The predicted molar refractivity (Wildman–Crippen MR) is 89.9 cm³/mol. The van der Waals surface area contributed by atoms with Crippen molar-refractivity contribution in [3.05, 3.63) is 29.8 Å². The van der Waals surface area contributed by atoms with Gasteiger partial charge in [-0.25, -0.2) is 9.79 Å². The summed E-state index contributed by atoms with van der Waals surface area (Å²) in [6, 6.07) is 7.23. The van der Waals surface area contributed by atoms with E-state index in [1.54, 1.807) is 0 Å². The Bertz CT molecular complexity index is 682. The van der Waals surface area contributed by atoms with E-state index < -0.39 is 6.03 Å². The lowest BCUT2D eigenvalue weighted by atomic mass is 10.1. The Morgan fingerprint density at radius 3 is 3.09 bits per heavy atom. The lowest BCUT2D eigenvalue weighted by molar-refractivity contribution is -0.113. The van der Waals surface area contributed by atoms with E-state index in [1.807, 2.05) is 31.2 Å². The second-order valence-electron chi connectivity index (χ2n) is 5.49. The largest absolute Gasteiger partial charge is 0.367 e. The van der Waals surface area contributed by atoms with E-state index in [0.717, 1.165) is 41.3 Å². The molecule has 1 fully saturated rings. The number of urea groups is 1. The van der Waals surface area contributed by atoms with Crippen molar-refractivity contribution in [2.24, 2.45) is 15.9 Å². The van der Waals surface area contributed by atoms with Gasteiger partial charge in [-0.2, -0.15) is 4.99 Å². The van der Waals surface area contributed by atoms with E-state index in [-0.39, 0.29) is 17.6 Å². The van der Waals surface area contributed by atoms with E-state index in [1.165, 1.54) is 11.8 Å². The number of aliphatic imine (C=N–C) groups is 2. The molecule has 6 heteroatoms. The summed E-state index contributed by atoms with van der Waals surface area (Å²) in [5.41, 5.74) is 2.82. The van der Waals surface area contributed by atoms with E-state index in [0.29, 0.717) is 0 Å². The van der Waals surface area contributed by atoms with Gasteiger partial charge in [-0.1, -0.05) is 23.9 Å². The molecule has 1 N–H and O–H groups in total. The Morgan fingerprint density at radius 2 is 2.27 bits per heavy atom. The van der Waals surface area contributed by atoms with Gasteiger partial charge in [0.1, 0.15) is 0 Å². The van der Waals surface area contributed by atoms with Crippen molar-refractivity contribution in [3.8, 4) is 0 Å². The van der Waals surface area contributed by atoms with Crippen LogP contribution in [-0.4, -0.2) is 28.4 Å². The lowest BCUT2D eigenvalue weighted by Crippen LogP contribution is -2.24. The van der Waals surface area contributed by atoms with Gasteiger partial charge in [0.2, 0.25) is 5.91 Å². The molecule has 1 aliphatic carbocycles. The molecular formula is C16H17N3O2S. The summed E-state index contributed by atoms with van der Waals surface area (Å²) in [5, 5.41) is 3.61. The van der Waals surface area contributed by atoms with Crippen molar-refractivity contribution in [3.63, 3.8) is 0 Å². The molecule has 0 saturated heterocycles. The maximum Gasteiger partial charge on any atom is 0.367 e. The molecule has 3 rings (SSSR count). The fourth-order valence-corrected chi connectivity index (χ4v) is 3.69. The number of hydrogen-bond acceptors (Lipinski definition) is 3. The average Bonchev–Trinajstić information content (AvgIpc) is 2.93. The summed E-state index contributed by atoms with van der Waals surface area (Å²) in [4.78, 5) is 31.5. The topological polar surface area (TPSA) is 70.9 Å². The number of thioether (sulfide) groups is 1. The molecule has 0 bridgehead atoms. The number of anilines is 1. The van der Waals surface area contributed by atoms with Crippen molar-refractivity contribution >= 4 is 40.1 Å². The molecule has 0 radical (unpaired) electrons. The van der Waals surface area contributed by atoms with Crippen LogP contribution in [0, 0.1) is 12.8 Å². The normalized spacial score (nSPS) is 20.2. The number of amides is 3. The van der Waals surface area contributed by atoms with Crippen LogP contribution in [0.2, 0.25) is 0 Å². The van der Waals surface area contributed by atoms with Crippen molar-refractivity contribution in [1.29, 1.82) is 0 Å². The Hall–Kier alpha value is -1.95. The highest BCUT2D eigenvalue weighted by atomic mass is 32.2. The molecular weight excluding hydrogens is 298 g/mol. The second kappa shape index (κ2) is 6.44. The van der Waals surface area contributed by atoms with Gasteiger partial charge in [0, 0.05) is 17.3 Å². The van der Waals surface area contributed by atoms with Gasteiger partial charge in [0.05, 0.1) is 10.8 Å². The van der Waals surface area contributed by atoms with E-state index in [4.69, 9.17) is 0 Å². The third kappa shape index (κ3) is 3.44. The highest BCUT2D eigenvalue weighted by Crippen LogP contribution is 2.31. The SMILES string of the molecule is Cc1cccc(NC(=O)CSC2=NC(=O)N=C3CCCC32)c1. The number of fused-ring (bicyclic) bond motifs is 1. The number of carbonyl (C=O) groups is 2. The number of carbonyl (C=O) groups excluding carboxylic acids is 2. The quantitative estimate of drug-likeness (QED) is 0.928. The molecule has 2 aliphatic rings. The molecule has 1 aliphatic heterocycles. The molecule has 1 atom stereocenters. The van der Waals surface area contributed by atoms with Crippen LogP contribution in [0.4, 0.5) is 10.5 Å². The van der Waals surface area contributed by atoms with Gasteiger partial charge in [-0.05, 0) is 43.9 Å². The molecule has 22 heavy (non-hydrogen) atoms. The molecule has 114 valence electrons. The molecule has 0 aromatic heterocycles. The van der Waals surface area contributed by atoms with Gasteiger partial charge < -0.3 is 5.32 Å². The number of benzene rings is 1. The van der Waals surface area contributed by atoms with Gasteiger partial charge in [-0.15, -0.1) is 0 Å². The van der Waals surface area contributed by atoms with Crippen LogP contribution in [-0.2, 0) is 4.79 Å². The minimum Gasteiger partial charge on any atom is -0.325 e. The first-order valence-corrected chi connectivity index (χ1v) is 8.30. The highest BCUT2D eigenvalue weighted by Gasteiger charge is 2.32. The Kier molecular flexibility index (Phi) is 4.38. The van der Waals surface area contributed by atoms with Crippen LogP contribution in [0.25, 0.3) is 0 Å². The monoisotopic (exact) mass is 315 g/mol. The molecule has 5 nitrogen and oxygen atoms in total. The lowest BCUT2D eigenvalue weighted by Gasteiger charge is -2.16. The molecule has 1 unspecified atom stereocenters. The van der Waals surface area contributed by atoms with Gasteiger partial charge in [0.15, 0.2) is 0 Å². The maximum atomic E-state index is 12.0. The van der Waals surface area contributed by atoms with Crippen LogP contribution in [0.3, 0.4) is 0 Å². The van der Waals surface area contributed by atoms with E-state index in [2.05, 4.69) is 15.3 Å². The molecule has 1 saturated carbocycles. The van der Waals surface area contributed by atoms with Crippen LogP contribution < -0.4 is 5.32 Å². The maximum absolute atomic E-state index is 12.0. The van der Waals surface area contributed by atoms with Crippen LogP contribution in [0.1, 0.15) is 24.8 Å². The number of nitrogens with one attached hydrogen (secondary N) is 1. The van der Waals surface area contributed by atoms with Crippen LogP contribution in [0.5, 0.6) is 0 Å². The molecule has 1 aromatic carbocycles. The fraction of sp³-hybridized carbons (Fsp3) is 0.375. The molecule has 0 spiro atoms. The summed E-state index contributed by atoms with van der Waals surface area (Å²) in [6.45, 7) is 1.98. The summed E-state index contributed by atoms with van der Waals surface area (Å²) < 4.78 is 0. The Morgan fingerprint density at radius 1 is 1.41 bits per heavy atom. The summed E-state index contributed by atoms with van der Waals surface area (Å²) >= 11 is 1.35. The zero-order valence-corrected chi connectivity index (χ0v) is 13.2. The predicted octanol–water partition coefficient (Wildman–Crippen LogP) is 3.44. The minimum atomic E-state index is -0.435. The van der Waals surface area contributed by atoms with E-state index in [9.17, 15) is 9.59 Å². The molecule has 1 heterocycles. The zero-order chi connectivity index (χ0) is 15.5. The van der Waals surface area contributed by atoms with Crippen molar-refractivity contribution in [1.82, 2.24) is 0 Å². The second-order valence-corrected chi connectivity index (χ2v) is 6.48. The van der Waals surface area contributed by atoms with Crippen molar-refractivity contribution in [2.45, 2.75) is 26.2 Å². The number of nitrogens with zero attached hydrogens (tertiary/aromatic N) is 2. The highest BCUT2D eigenvalue weighted by molar-refractivity contribution is 8.14. The fourth-order valence-electron chi connectivity index (χ4n) is 2.74. The Balaban J connectivity index is 1.58. The van der Waals surface area contributed by atoms with Crippen molar-refractivity contribution < 1.29 is 9.59 Å². The molecule has 3 amide bonds. The standard InChI is InChI=1S/C16H17N3O2S/c1-10-4-2-5-11(8-10)17-14(20)9-22-15-12-6-3-7-13(12)18-16(21)19-15/h2,4-5,8,12H,3,6-7,9H2,1H3,(H,17,20). The van der Waals surface area contributed by atoms with Gasteiger partial charge in [0.25, 0.3) is 0 Å². The average molecular weight is 315 g/mol. The zero-order valence-electron chi connectivity index (χ0n) is 12.3. The number of rotatable bonds is 3. The molecule has 1 aromatic rings. The van der Waals surface area contributed by atoms with E-state index >= 15 is 0 Å².